The van der Waals surface area contributed by atoms with E-state index in [-0.39, 0.29) is 6.03 Å². The third-order valence-electron chi connectivity index (χ3n) is 3.27. The van der Waals surface area contributed by atoms with Crippen molar-refractivity contribution < 1.29 is 14.3 Å². The first kappa shape index (κ1) is 16.0. The highest BCUT2D eigenvalue weighted by Gasteiger charge is 2.16. The zero-order chi connectivity index (χ0) is 16.1. The molecule has 6 heteroatoms. The van der Waals surface area contributed by atoms with Crippen molar-refractivity contribution in [3.05, 3.63) is 51.7 Å². The Morgan fingerprint density at radius 1 is 1.27 bits per heavy atom. The molecule has 2 rings (SSSR count). The van der Waals surface area contributed by atoms with Crippen LogP contribution in [0.4, 0.5) is 10.5 Å². The van der Waals surface area contributed by atoms with Crippen LogP contribution in [0.15, 0.2) is 35.7 Å². The second-order valence-electron chi connectivity index (χ2n) is 4.85. The lowest BCUT2D eigenvalue weighted by Gasteiger charge is -2.18. The molecule has 22 heavy (non-hydrogen) atoms. The molecule has 0 atom stereocenters. The summed E-state index contributed by atoms with van der Waals surface area (Å²) in [6.45, 7) is 2.54. The number of carbonyl (C=O) groups is 2. The minimum absolute atomic E-state index is 0.274. The van der Waals surface area contributed by atoms with Gasteiger partial charge in [-0.05, 0) is 36.1 Å². The summed E-state index contributed by atoms with van der Waals surface area (Å²) >= 11 is 1.62. The van der Waals surface area contributed by atoms with Gasteiger partial charge in [-0.3, -0.25) is 0 Å². The minimum atomic E-state index is -0.479. The molecule has 5 nitrogen and oxygen atoms in total. The Bertz CT molecular complexity index is 682. The normalized spacial score (nSPS) is 10.1. The largest absolute Gasteiger partial charge is 0.465 e. The number of esters is 1. The Balaban J connectivity index is 2.09. The maximum atomic E-state index is 12.3. The van der Waals surface area contributed by atoms with Crippen molar-refractivity contribution >= 4 is 29.0 Å². The van der Waals surface area contributed by atoms with Gasteiger partial charge in [0.1, 0.15) is 0 Å². The number of ether oxygens (including phenoxy) is 1. The fourth-order valence-electron chi connectivity index (χ4n) is 1.94. The van der Waals surface area contributed by atoms with Gasteiger partial charge in [0.25, 0.3) is 0 Å². The average molecular weight is 318 g/mol. The molecule has 0 radical (unpaired) electrons. The third-order valence-corrected chi connectivity index (χ3v) is 4.28. The van der Waals surface area contributed by atoms with Crippen LogP contribution in [0.5, 0.6) is 0 Å². The van der Waals surface area contributed by atoms with E-state index < -0.39 is 5.97 Å². The molecule has 1 aromatic carbocycles. The number of methoxy groups -OCH3 is 1. The van der Waals surface area contributed by atoms with Gasteiger partial charge < -0.3 is 15.0 Å². The summed E-state index contributed by atoms with van der Waals surface area (Å²) in [7, 11) is 3.03. The van der Waals surface area contributed by atoms with Crippen molar-refractivity contribution in [2.45, 2.75) is 13.5 Å². The average Bonchev–Trinajstić information content (AvgIpc) is 2.92. The maximum absolute atomic E-state index is 12.3. The van der Waals surface area contributed by atoms with E-state index >= 15 is 0 Å². The van der Waals surface area contributed by atoms with Gasteiger partial charge in [-0.2, -0.15) is 0 Å². The minimum Gasteiger partial charge on any atom is -0.465 e. The van der Waals surface area contributed by atoms with Crippen LogP contribution in [0, 0.1) is 6.92 Å². The van der Waals surface area contributed by atoms with E-state index in [4.69, 9.17) is 4.74 Å². The SMILES string of the molecule is COC(=O)c1ccccc1NC(=O)N(C)Cc1sccc1C. The molecule has 0 bridgehead atoms. The fourth-order valence-corrected chi connectivity index (χ4v) is 2.90. The molecule has 0 spiro atoms. The number of nitrogens with zero attached hydrogens (tertiary/aromatic N) is 1. The molecule has 0 unspecified atom stereocenters. The van der Waals surface area contributed by atoms with Crippen molar-refractivity contribution in [3.63, 3.8) is 0 Å². The zero-order valence-corrected chi connectivity index (χ0v) is 13.6. The summed E-state index contributed by atoms with van der Waals surface area (Å²) in [5.74, 6) is -0.479. The van der Waals surface area contributed by atoms with Crippen LogP contribution in [0.3, 0.4) is 0 Å². The summed E-state index contributed by atoms with van der Waals surface area (Å²) in [6.07, 6.45) is 0. The Labute approximate surface area is 133 Å². The predicted molar refractivity (Wildman–Crippen MR) is 87.3 cm³/mol. The number of benzene rings is 1. The van der Waals surface area contributed by atoms with Crippen LogP contribution in [0.2, 0.25) is 0 Å². The van der Waals surface area contributed by atoms with Gasteiger partial charge in [0.05, 0.1) is 24.9 Å². The number of hydrogen-bond acceptors (Lipinski definition) is 4. The number of rotatable bonds is 4. The summed E-state index contributed by atoms with van der Waals surface area (Å²) < 4.78 is 4.72. The summed E-state index contributed by atoms with van der Waals surface area (Å²) in [4.78, 5) is 26.7. The van der Waals surface area contributed by atoms with Crippen molar-refractivity contribution in [1.29, 1.82) is 0 Å². The van der Waals surface area contributed by atoms with E-state index in [1.165, 1.54) is 12.7 Å². The number of thiophene rings is 1. The molecule has 116 valence electrons. The van der Waals surface area contributed by atoms with Crippen LogP contribution >= 0.6 is 11.3 Å². The number of nitrogens with one attached hydrogen (secondary N) is 1. The van der Waals surface area contributed by atoms with Crippen LogP contribution in [0.1, 0.15) is 20.8 Å². The predicted octanol–water partition coefficient (Wildman–Crippen LogP) is 3.51. The monoisotopic (exact) mass is 318 g/mol. The molecular weight excluding hydrogens is 300 g/mol. The lowest BCUT2D eigenvalue weighted by Crippen LogP contribution is -2.31. The molecule has 0 saturated heterocycles. The van der Waals surface area contributed by atoms with Crippen molar-refractivity contribution in [3.8, 4) is 0 Å². The lowest BCUT2D eigenvalue weighted by atomic mass is 10.2. The summed E-state index contributed by atoms with van der Waals surface area (Å²) in [5, 5.41) is 4.75. The van der Waals surface area contributed by atoms with E-state index in [0.717, 1.165) is 4.88 Å². The maximum Gasteiger partial charge on any atom is 0.339 e. The third kappa shape index (κ3) is 3.65. The molecule has 0 fully saturated rings. The quantitative estimate of drug-likeness (QED) is 0.878. The topological polar surface area (TPSA) is 58.6 Å². The molecule has 2 amide bonds. The number of carbonyl (C=O) groups excluding carboxylic acids is 2. The van der Waals surface area contributed by atoms with Crippen molar-refractivity contribution in [2.24, 2.45) is 0 Å². The molecule has 0 saturated carbocycles. The molecule has 2 aromatic rings. The van der Waals surface area contributed by atoms with E-state index in [9.17, 15) is 9.59 Å². The van der Waals surface area contributed by atoms with Gasteiger partial charge in [0, 0.05) is 11.9 Å². The Morgan fingerprint density at radius 2 is 2.00 bits per heavy atom. The zero-order valence-electron chi connectivity index (χ0n) is 12.8. The molecule has 1 heterocycles. The lowest BCUT2D eigenvalue weighted by molar-refractivity contribution is 0.0602. The molecule has 0 aliphatic rings. The Morgan fingerprint density at radius 3 is 2.64 bits per heavy atom. The smallest absolute Gasteiger partial charge is 0.339 e. The van der Waals surface area contributed by atoms with Gasteiger partial charge in [-0.15, -0.1) is 11.3 Å². The highest BCUT2D eigenvalue weighted by Crippen LogP contribution is 2.19. The van der Waals surface area contributed by atoms with Crippen molar-refractivity contribution in [2.75, 3.05) is 19.5 Å². The number of para-hydroxylation sites is 1. The number of urea groups is 1. The van der Waals surface area contributed by atoms with Gasteiger partial charge in [0.2, 0.25) is 0 Å². The fraction of sp³-hybridized carbons (Fsp3) is 0.250. The second kappa shape index (κ2) is 7.09. The first-order valence-corrected chi connectivity index (χ1v) is 7.63. The summed E-state index contributed by atoms with van der Waals surface area (Å²) in [5.41, 5.74) is 1.94. The first-order chi connectivity index (χ1) is 10.5. The number of hydrogen-bond donors (Lipinski definition) is 1. The number of amides is 2. The van der Waals surface area contributed by atoms with E-state index in [1.807, 2.05) is 18.4 Å². The molecule has 1 N–H and O–H groups in total. The van der Waals surface area contributed by atoms with Gasteiger partial charge in [0.15, 0.2) is 0 Å². The van der Waals surface area contributed by atoms with E-state index in [1.54, 1.807) is 47.5 Å². The van der Waals surface area contributed by atoms with Crippen LogP contribution in [-0.2, 0) is 11.3 Å². The highest BCUT2D eigenvalue weighted by molar-refractivity contribution is 7.10. The highest BCUT2D eigenvalue weighted by atomic mass is 32.1. The number of anilines is 1. The van der Waals surface area contributed by atoms with E-state index in [0.29, 0.717) is 17.8 Å². The van der Waals surface area contributed by atoms with Crippen LogP contribution in [-0.4, -0.2) is 31.1 Å². The summed E-state index contributed by atoms with van der Waals surface area (Å²) in [6, 6.07) is 8.52. The Hall–Kier alpha value is -2.34. The van der Waals surface area contributed by atoms with Crippen LogP contribution in [0.25, 0.3) is 0 Å². The molecule has 0 aliphatic carbocycles. The standard InChI is InChI=1S/C16H18N2O3S/c1-11-8-9-22-14(11)10-18(2)16(20)17-13-7-5-4-6-12(13)15(19)21-3/h4-9H,10H2,1-3H3,(H,17,20). The van der Waals surface area contributed by atoms with Crippen LogP contribution < -0.4 is 5.32 Å². The molecule has 1 aromatic heterocycles. The van der Waals surface area contributed by atoms with Gasteiger partial charge in [-0.1, -0.05) is 12.1 Å². The van der Waals surface area contributed by atoms with Gasteiger partial charge in [-0.25, -0.2) is 9.59 Å². The second-order valence-corrected chi connectivity index (χ2v) is 5.85. The van der Waals surface area contributed by atoms with E-state index in [2.05, 4.69) is 5.32 Å². The molecule has 0 aliphatic heterocycles. The Kier molecular flexibility index (Phi) is 5.16. The first-order valence-electron chi connectivity index (χ1n) is 6.75. The van der Waals surface area contributed by atoms with Crippen molar-refractivity contribution in [1.82, 2.24) is 4.90 Å². The number of aryl methyl sites for hydroxylation is 1. The molecular formula is C16H18N2O3S. The van der Waals surface area contributed by atoms with Gasteiger partial charge >= 0.3 is 12.0 Å².